The Morgan fingerprint density at radius 3 is 2.71 bits per heavy atom. The van der Waals surface area contributed by atoms with Gasteiger partial charge in [-0.3, -0.25) is 9.20 Å². The van der Waals surface area contributed by atoms with E-state index in [2.05, 4.69) is 15.0 Å². The van der Waals surface area contributed by atoms with E-state index in [0.29, 0.717) is 23.4 Å². The molecule has 7 heteroatoms. The van der Waals surface area contributed by atoms with Crippen LogP contribution in [0.5, 0.6) is 0 Å². The molecule has 2 heterocycles. The predicted octanol–water partition coefficient (Wildman–Crippen LogP) is 2.46. The van der Waals surface area contributed by atoms with E-state index in [1.807, 2.05) is 29.7 Å². The Morgan fingerprint density at radius 1 is 1.29 bits per heavy atom. The maximum Gasteiger partial charge on any atom is 0.337 e. The number of nitrogens with one attached hydrogen (secondary N) is 1. The van der Waals surface area contributed by atoms with E-state index in [1.54, 1.807) is 18.3 Å². The molecule has 124 valence electrons. The summed E-state index contributed by atoms with van der Waals surface area (Å²) in [5.74, 6) is -0.442. The molecule has 0 spiro atoms. The average Bonchev–Trinajstić information content (AvgIpc) is 3.18. The van der Waals surface area contributed by atoms with Gasteiger partial charge in [0.15, 0.2) is 4.96 Å². The van der Waals surface area contributed by atoms with Gasteiger partial charge in [-0.25, -0.2) is 9.78 Å². The smallest absolute Gasteiger partial charge is 0.337 e. The Kier molecular flexibility index (Phi) is 4.61. The molecular weight excluding hydrogens is 326 g/mol. The van der Waals surface area contributed by atoms with Crippen molar-refractivity contribution in [1.82, 2.24) is 14.7 Å². The van der Waals surface area contributed by atoms with Gasteiger partial charge in [-0.1, -0.05) is 23.5 Å². The minimum atomic E-state index is -0.354. The number of fused-ring (bicyclic) bond motifs is 1. The number of rotatable bonds is 5. The number of carbonyl (C=O) groups is 2. The molecule has 3 rings (SSSR count). The van der Waals surface area contributed by atoms with Crippen molar-refractivity contribution in [2.24, 2.45) is 0 Å². The fraction of sp³-hybridized carbons (Fsp3) is 0.235. The third-order valence-corrected chi connectivity index (χ3v) is 4.94. The molecule has 0 bridgehead atoms. The van der Waals surface area contributed by atoms with Crippen LogP contribution >= 0.6 is 11.3 Å². The maximum absolute atomic E-state index is 12.3. The largest absolute Gasteiger partial charge is 0.465 e. The molecule has 0 atom stereocenters. The molecule has 6 nitrogen and oxygen atoms in total. The number of benzene rings is 1. The number of thiazole rings is 1. The quantitative estimate of drug-likeness (QED) is 0.722. The van der Waals surface area contributed by atoms with Crippen LogP contribution in [-0.2, 0) is 11.2 Å². The molecule has 1 N–H and O–H groups in total. The van der Waals surface area contributed by atoms with E-state index in [0.717, 1.165) is 16.2 Å². The van der Waals surface area contributed by atoms with Gasteiger partial charge >= 0.3 is 5.97 Å². The van der Waals surface area contributed by atoms with Crippen molar-refractivity contribution < 1.29 is 14.3 Å². The number of amides is 1. The summed E-state index contributed by atoms with van der Waals surface area (Å²) in [7, 11) is 1.36. The van der Waals surface area contributed by atoms with Crippen molar-refractivity contribution in [3.8, 4) is 0 Å². The molecule has 1 amide bonds. The van der Waals surface area contributed by atoms with Crippen LogP contribution in [0.15, 0.2) is 36.7 Å². The first-order valence-electron chi connectivity index (χ1n) is 7.48. The van der Waals surface area contributed by atoms with Crippen molar-refractivity contribution in [2.75, 3.05) is 13.7 Å². The van der Waals surface area contributed by atoms with E-state index in [4.69, 9.17) is 0 Å². The van der Waals surface area contributed by atoms with Gasteiger partial charge < -0.3 is 10.1 Å². The lowest BCUT2D eigenvalue weighted by Crippen LogP contribution is -2.25. The highest BCUT2D eigenvalue weighted by Crippen LogP contribution is 2.21. The number of hydrogen-bond donors (Lipinski definition) is 1. The lowest BCUT2D eigenvalue weighted by molar-refractivity contribution is 0.0600. The number of methoxy groups -OCH3 is 1. The van der Waals surface area contributed by atoms with E-state index < -0.39 is 0 Å². The number of aryl methyl sites for hydroxylation is 1. The first-order chi connectivity index (χ1) is 11.6. The topological polar surface area (TPSA) is 72.7 Å². The molecule has 0 radical (unpaired) electrons. The highest BCUT2D eigenvalue weighted by molar-refractivity contribution is 7.19. The lowest BCUT2D eigenvalue weighted by atomic mass is 10.1. The monoisotopic (exact) mass is 343 g/mol. The highest BCUT2D eigenvalue weighted by Gasteiger charge is 2.15. The second-order valence-corrected chi connectivity index (χ2v) is 6.27. The number of imidazole rings is 1. The summed E-state index contributed by atoms with van der Waals surface area (Å²) in [6.45, 7) is 2.43. The van der Waals surface area contributed by atoms with Crippen LogP contribution in [0, 0.1) is 6.92 Å². The van der Waals surface area contributed by atoms with Gasteiger partial charge in [0, 0.05) is 24.6 Å². The third-order valence-electron chi connectivity index (χ3n) is 3.77. The molecule has 0 saturated carbocycles. The Morgan fingerprint density at radius 2 is 2.04 bits per heavy atom. The van der Waals surface area contributed by atoms with E-state index >= 15 is 0 Å². The predicted molar refractivity (Wildman–Crippen MR) is 91.6 cm³/mol. The Bertz CT molecular complexity index is 880. The number of hydrogen-bond acceptors (Lipinski definition) is 5. The Balaban J connectivity index is 1.57. The minimum Gasteiger partial charge on any atom is -0.465 e. The molecule has 0 fully saturated rings. The summed E-state index contributed by atoms with van der Waals surface area (Å²) < 4.78 is 6.57. The van der Waals surface area contributed by atoms with Crippen molar-refractivity contribution in [1.29, 1.82) is 0 Å². The third kappa shape index (κ3) is 3.16. The van der Waals surface area contributed by atoms with Crippen LogP contribution in [0.1, 0.15) is 31.3 Å². The summed E-state index contributed by atoms with van der Waals surface area (Å²) in [5.41, 5.74) is 2.45. The zero-order chi connectivity index (χ0) is 17.1. The van der Waals surface area contributed by atoms with E-state index in [-0.39, 0.29) is 11.9 Å². The van der Waals surface area contributed by atoms with Crippen LogP contribution in [0.2, 0.25) is 0 Å². The molecule has 0 saturated heterocycles. The molecule has 24 heavy (non-hydrogen) atoms. The number of esters is 1. The summed E-state index contributed by atoms with van der Waals surface area (Å²) >= 11 is 1.38. The summed E-state index contributed by atoms with van der Waals surface area (Å²) in [5, 5.41) is 2.93. The fourth-order valence-electron chi connectivity index (χ4n) is 2.43. The Labute approximate surface area is 143 Å². The first-order valence-corrected chi connectivity index (χ1v) is 8.29. The fourth-order valence-corrected chi connectivity index (χ4v) is 3.43. The Hall–Kier alpha value is -2.67. The normalized spacial score (nSPS) is 10.8. The molecule has 2 aromatic heterocycles. The minimum absolute atomic E-state index is 0.0887. The van der Waals surface area contributed by atoms with Gasteiger partial charge in [0.25, 0.3) is 5.91 Å². The molecule has 1 aromatic carbocycles. The second kappa shape index (κ2) is 6.84. The lowest BCUT2D eigenvalue weighted by Gasteiger charge is -2.05. The van der Waals surface area contributed by atoms with Crippen LogP contribution in [0.25, 0.3) is 4.96 Å². The highest BCUT2D eigenvalue weighted by atomic mass is 32.1. The van der Waals surface area contributed by atoms with Gasteiger partial charge in [-0.2, -0.15) is 0 Å². The molecule has 0 unspecified atom stereocenters. The molecule has 0 aliphatic rings. The zero-order valence-corrected chi connectivity index (χ0v) is 14.2. The van der Waals surface area contributed by atoms with Crippen LogP contribution in [0.4, 0.5) is 0 Å². The average molecular weight is 343 g/mol. The second-order valence-electron chi connectivity index (χ2n) is 5.29. The van der Waals surface area contributed by atoms with Gasteiger partial charge in [-0.05, 0) is 31.0 Å². The number of carbonyl (C=O) groups excluding carboxylic acids is 2. The molecule has 0 aliphatic carbocycles. The zero-order valence-electron chi connectivity index (χ0n) is 13.4. The number of aromatic nitrogens is 2. The standard InChI is InChI=1S/C17H17N3O3S/c1-11-14(24-17-19-9-10-20(11)17)15(21)18-8-7-12-3-5-13(6-4-12)16(22)23-2/h3-6,9-10H,7-8H2,1-2H3,(H,18,21). The molecule has 3 aromatic rings. The SMILES string of the molecule is COC(=O)c1ccc(CCNC(=O)c2sc3nccn3c2C)cc1. The van der Waals surface area contributed by atoms with Gasteiger partial charge in [0.1, 0.15) is 4.88 Å². The van der Waals surface area contributed by atoms with Gasteiger partial charge in [0.2, 0.25) is 0 Å². The summed E-state index contributed by atoms with van der Waals surface area (Å²) in [6, 6.07) is 7.18. The summed E-state index contributed by atoms with van der Waals surface area (Å²) in [4.78, 5) is 29.4. The van der Waals surface area contributed by atoms with Crippen molar-refractivity contribution >= 4 is 28.2 Å². The van der Waals surface area contributed by atoms with Gasteiger partial charge in [-0.15, -0.1) is 0 Å². The van der Waals surface area contributed by atoms with E-state index in [9.17, 15) is 9.59 Å². The van der Waals surface area contributed by atoms with Crippen LogP contribution in [-0.4, -0.2) is 34.9 Å². The molecular formula is C17H17N3O3S. The summed E-state index contributed by atoms with van der Waals surface area (Å²) in [6.07, 6.45) is 4.26. The van der Waals surface area contributed by atoms with Crippen LogP contribution < -0.4 is 5.32 Å². The number of nitrogens with zero attached hydrogens (tertiary/aromatic N) is 2. The first kappa shape index (κ1) is 16.2. The van der Waals surface area contributed by atoms with Crippen molar-refractivity contribution in [3.05, 3.63) is 58.4 Å². The van der Waals surface area contributed by atoms with Crippen LogP contribution in [0.3, 0.4) is 0 Å². The molecule has 0 aliphatic heterocycles. The van der Waals surface area contributed by atoms with Crippen molar-refractivity contribution in [3.63, 3.8) is 0 Å². The number of ether oxygens (including phenoxy) is 1. The van der Waals surface area contributed by atoms with E-state index in [1.165, 1.54) is 18.4 Å². The maximum atomic E-state index is 12.3. The van der Waals surface area contributed by atoms with Crippen molar-refractivity contribution in [2.45, 2.75) is 13.3 Å². The van der Waals surface area contributed by atoms with Gasteiger partial charge in [0.05, 0.1) is 12.7 Å².